The normalized spacial score (nSPS) is 18.7. The van der Waals surface area contributed by atoms with E-state index in [1.807, 2.05) is 0 Å². The molecule has 1 saturated heterocycles. The van der Waals surface area contributed by atoms with Gasteiger partial charge in [0.05, 0.1) is 21.8 Å². The van der Waals surface area contributed by atoms with Crippen molar-refractivity contribution in [1.82, 2.24) is 19.5 Å². The summed E-state index contributed by atoms with van der Waals surface area (Å²) in [5.74, 6) is 0.676. The lowest BCUT2D eigenvalue weighted by Crippen LogP contribution is -2.39. The summed E-state index contributed by atoms with van der Waals surface area (Å²) in [4.78, 5) is 2.27. The van der Waals surface area contributed by atoms with Gasteiger partial charge in [-0.25, -0.2) is 0 Å². The molecule has 4 rings (SSSR count). The summed E-state index contributed by atoms with van der Waals surface area (Å²) in [7, 11) is 2.09. The number of hydrogen-bond acceptors (Lipinski definition) is 6. The Kier molecular flexibility index (Phi) is 4.73. The van der Waals surface area contributed by atoms with Crippen LogP contribution in [0.5, 0.6) is 0 Å². The quantitative estimate of drug-likeness (QED) is 0.720. The number of likely N-dealkylation sites (tertiary alicyclic amines) is 1. The van der Waals surface area contributed by atoms with E-state index in [1.165, 1.54) is 23.7 Å². The number of halogens is 3. The van der Waals surface area contributed by atoms with Gasteiger partial charge < -0.3 is 10.2 Å². The fourth-order valence-corrected chi connectivity index (χ4v) is 4.12. The van der Waals surface area contributed by atoms with Crippen LogP contribution in [0.15, 0.2) is 30.5 Å². The summed E-state index contributed by atoms with van der Waals surface area (Å²) >= 11 is 1.27. The Balaban J connectivity index is 1.65. The van der Waals surface area contributed by atoms with E-state index in [-0.39, 0.29) is 6.04 Å². The fourth-order valence-electron chi connectivity index (χ4n) is 3.37. The molecule has 0 radical (unpaired) electrons. The van der Waals surface area contributed by atoms with E-state index in [1.54, 1.807) is 6.20 Å². The summed E-state index contributed by atoms with van der Waals surface area (Å²) in [6.45, 7) is 2.02. The second kappa shape index (κ2) is 7.05. The maximum Gasteiger partial charge on any atom is 0.416 e. The minimum atomic E-state index is -4.36. The van der Waals surface area contributed by atoms with Crippen molar-refractivity contribution in [3.05, 3.63) is 36.0 Å². The minimum absolute atomic E-state index is 0.290. The van der Waals surface area contributed by atoms with E-state index >= 15 is 0 Å². The first kappa shape index (κ1) is 18.1. The number of anilines is 1. The average molecular weight is 393 g/mol. The number of rotatable bonds is 3. The second-order valence-electron chi connectivity index (χ2n) is 6.79. The van der Waals surface area contributed by atoms with Gasteiger partial charge in [0, 0.05) is 18.2 Å². The molecule has 1 fully saturated rings. The number of nitrogens with one attached hydrogen (secondary N) is 1. The second-order valence-corrected chi connectivity index (χ2v) is 7.59. The molecule has 3 aromatic rings. The first-order valence-electron chi connectivity index (χ1n) is 8.65. The lowest BCUT2D eigenvalue weighted by atomic mass is 10.1. The molecule has 1 N–H and O–H groups in total. The van der Waals surface area contributed by atoms with Crippen LogP contribution in [-0.2, 0) is 6.18 Å². The number of likely N-dealkylation sites (N-methyl/N-ethyl adjacent to an activating group) is 1. The van der Waals surface area contributed by atoms with Crippen molar-refractivity contribution >= 4 is 27.4 Å². The Morgan fingerprint density at radius 3 is 2.67 bits per heavy atom. The molecule has 0 aliphatic carbocycles. The monoisotopic (exact) mass is 393 g/mol. The van der Waals surface area contributed by atoms with Crippen molar-refractivity contribution in [1.29, 1.82) is 0 Å². The van der Waals surface area contributed by atoms with Crippen molar-refractivity contribution in [3.63, 3.8) is 0 Å². The van der Waals surface area contributed by atoms with Crippen LogP contribution in [0, 0.1) is 0 Å². The topological polar surface area (TPSA) is 53.9 Å². The Morgan fingerprint density at radius 1 is 1.19 bits per heavy atom. The molecule has 0 amide bonds. The lowest BCUT2D eigenvalue weighted by Gasteiger charge is -2.30. The van der Waals surface area contributed by atoms with Gasteiger partial charge in [-0.15, -0.1) is 10.2 Å². The molecule has 0 bridgehead atoms. The van der Waals surface area contributed by atoms with E-state index in [9.17, 15) is 13.2 Å². The number of benzene rings is 1. The summed E-state index contributed by atoms with van der Waals surface area (Å²) in [5, 5.41) is 12.9. The fraction of sp³-hybridized carbons (Fsp3) is 0.389. The van der Waals surface area contributed by atoms with Crippen LogP contribution < -0.4 is 5.32 Å². The predicted octanol–water partition coefficient (Wildman–Crippen LogP) is 4.28. The van der Waals surface area contributed by atoms with Gasteiger partial charge in [0.1, 0.15) is 5.69 Å². The SMILES string of the molecule is CN1CCC[C@@H](Nc2nnc(-c3ccc(C(F)(F)F)cc3)c3sncc23)C1. The van der Waals surface area contributed by atoms with Gasteiger partial charge in [-0.05, 0) is 50.1 Å². The zero-order valence-corrected chi connectivity index (χ0v) is 15.4. The number of alkyl halides is 3. The van der Waals surface area contributed by atoms with Gasteiger partial charge in [-0.3, -0.25) is 0 Å². The molecule has 1 aliphatic heterocycles. The summed E-state index contributed by atoms with van der Waals surface area (Å²) in [5.41, 5.74) is 0.459. The largest absolute Gasteiger partial charge is 0.416 e. The van der Waals surface area contributed by atoms with E-state index in [0.717, 1.165) is 48.2 Å². The Morgan fingerprint density at radius 2 is 1.96 bits per heavy atom. The molecule has 0 spiro atoms. The molecule has 5 nitrogen and oxygen atoms in total. The van der Waals surface area contributed by atoms with E-state index in [0.29, 0.717) is 17.1 Å². The van der Waals surface area contributed by atoms with Crippen LogP contribution in [0.1, 0.15) is 18.4 Å². The highest BCUT2D eigenvalue weighted by Crippen LogP contribution is 2.35. The molecule has 1 atom stereocenters. The molecule has 9 heteroatoms. The van der Waals surface area contributed by atoms with Crippen molar-refractivity contribution in [3.8, 4) is 11.3 Å². The van der Waals surface area contributed by atoms with Crippen LogP contribution in [0.2, 0.25) is 0 Å². The zero-order chi connectivity index (χ0) is 19.0. The van der Waals surface area contributed by atoms with E-state index in [2.05, 4.69) is 31.8 Å². The number of fused-ring (bicyclic) bond motifs is 1. The highest BCUT2D eigenvalue weighted by molar-refractivity contribution is 7.14. The average Bonchev–Trinajstić information content (AvgIpc) is 3.12. The smallest absolute Gasteiger partial charge is 0.364 e. The van der Waals surface area contributed by atoms with Crippen molar-refractivity contribution in [2.24, 2.45) is 0 Å². The Bertz CT molecular complexity index is 938. The van der Waals surface area contributed by atoms with Crippen molar-refractivity contribution in [2.45, 2.75) is 25.1 Å². The maximum absolute atomic E-state index is 12.8. The molecule has 0 saturated carbocycles. The van der Waals surface area contributed by atoms with Crippen molar-refractivity contribution < 1.29 is 13.2 Å². The third kappa shape index (κ3) is 3.74. The summed E-state index contributed by atoms with van der Waals surface area (Å²) < 4.78 is 43.4. The standard InChI is InChI=1S/C18H18F3N5S/c1-26-8-2-3-13(10-26)23-17-14-9-22-27-16(14)15(24-25-17)11-4-6-12(7-5-11)18(19,20)21/h4-7,9,13H,2-3,8,10H2,1H3,(H,23,25)/t13-/m1/s1. The Labute approximate surface area is 158 Å². The molecule has 1 aliphatic rings. The van der Waals surface area contributed by atoms with Gasteiger partial charge >= 0.3 is 6.18 Å². The zero-order valence-electron chi connectivity index (χ0n) is 14.6. The van der Waals surface area contributed by atoms with Crippen LogP contribution >= 0.6 is 11.5 Å². The molecule has 0 unspecified atom stereocenters. The molecule has 27 heavy (non-hydrogen) atoms. The number of hydrogen-bond donors (Lipinski definition) is 1. The minimum Gasteiger partial charge on any atom is -0.364 e. The van der Waals surface area contributed by atoms with Crippen LogP contribution in [0.4, 0.5) is 19.0 Å². The third-order valence-electron chi connectivity index (χ3n) is 4.74. The van der Waals surface area contributed by atoms with Crippen LogP contribution in [0.3, 0.4) is 0 Å². The number of aromatic nitrogens is 3. The molecular formula is C18H18F3N5S. The highest BCUT2D eigenvalue weighted by Gasteiger charge is 2.30. The van der Waals surface area contributed by atoms with Gasteiger partial charge in [-0.1, -0.05) is 12.1 Å². The van der Waals surface area contributed by atoms with E-state index in [4.69, 9.17) is 0 Å². The molecule has 1 aromatic carbocycles. The van der Waals surface area contributed by atoms with Gasteiger partial charge in [0.2, 0.25) is 0 Å². The predicted molar refractivity (Wildman–Crippen MR) is 99.8 cm³/mol. The Hall–Kier alpha value is -2.26. The van der Waals surface area contributed by atoms with Gasteiger partial charge in [-0.2, -0.15) is 17.5 Å². The molecule has 2 aromatic heterocycles. The van der Waals surface area contributed by atoms with Crippen molar-refractivity contribution in [2.75, 3.05) is 25.5 Å². The number of piperidine rings is 1. The van der Waals surface area contributed by atoms with E-state index < -0.39 is 11.7 Å². The third-order valence-corrected chi connectivity index (χ3v) is 5.55. The summed E-state index contributed by atoms with van der Waals surface area (Å²) in [6.07, 6.45) is -0.440. The molecule has 142 valence electrons. The van der Waals surface area contributed by atoms with Gasteiger partial charge in [0.25, 0.3) is 0 Å². The number of nitrogens with zero attached hydrogens (tertiary/aromatic N) is 4. The summed E-state index contributed by atoms with van der Waals surface area (Å²) in [6, 6.07) is 5.27. The van der Waals surface area contributed by atoms with Crippen LogP contribution in [0.25, 0.3) is 21.3 Å². The van der Waals surface area contributed by atoms with Crippen LogP contribution in [-0.4, -0.2) is 45.6 Å². The molecular weight excluding hydrogens is 375 g/mol. The maximum atomic E-state index is 12.8. The lowest BCUT2D eigenvalue weighted by molar-refractivity contribution is -0.137. The highest BCUT2D eigenvalue weighted by atomic mass is 32.1. The first-order valence-corrected chi connectivity index (χ1v) is 9.43. The molecule has 3 heterocycles. The first-order chi connectivity index (χ1) is 12.9. The van der Waals surface area contributed by atoms with Gasteiger partial charge in [0.15, 0.2) is 5.82 Å².